The minimum Gasteiger partial charge on any atom is -0.327 e. The second-order valence-electron chi connectivity index (χ2n) is 3.54. The molecule has 82 valence electrons. The Morgan fingerprint density at radius 3 is 3.07 bits per heavy atom. The molecule has 1 aromatic heterocycles. The molecule has 0 fully saturated rings. The van der Waals surface area contributed by atoms with Gasteiger partial charge in [-0.05, 0) is 18.6 Å². The SMILES string of the molecule is CCCC(N)CC(=O)Nc1cccnc1. The van der Waals surface area contributed by atoms with Crippen LogP contribution in [0.15, 0.2) is 24.5 Å². The van der Waals surface area contributed by atoms with Gasteiger partial charge in [-0.2, -0.15) is 0 Å². The Bertz CT molecular complexity index is 300. The van der Waals surface area contributed by atoms with E-state index in [0.717, 1.165) is 12.8 Å². The summed E-state index contributed by atoms with van der Waals surface area (Å²) in [6.07, 6.45) is 5.52. The lowest BCUT2D eigenvalue weighted by molar-refractivity contribution is -0.116. The van der Waals surface area contributed by atoms with Crippen LogP contribution >= 0.6 is 0 Å². The van der Waals surface area contributed by atoms with Gasteiger partial charge in [0.05, 0.1) is 11.9 Å². The summed E-state index contributed by atoms with van der Waals surface area (Å²) < 4.78 is 0. The van der Waals surface area contributed by atoms with Crippen LogP contribution in [-0.4, -0.2) is 16.9 Å². The molecular weight excluding hydrogens is 190 g/mol. The van der Waals surface area contributed by atoms with Crippen molar-refractivity contribution >= 4 is 11.6 Å². The molecule has 0 saturated heterocycles. The Balaban J connectivity index is 2.36. The van der Waals surface area contributed by atoms with Crippen LogP contribution in [0.2, 0.25) is 0 Å². The van der Waals surface area contributed by atoms with E-state index in [2.05, 4.69) is 17.2 Å². The Kier molecular flexibility index (Phi) is 4.77. The number of carbonyl (C=O) groups excluding carboxylic acids is 1. The highest BCUT2D eigenvalue weighted by molar-refractivity contribution is 5.90. The van der Waals surface area contributed by atoms with Crippen molar-refractivity contribution in [3.8, 4) is 0 Å². The van der Waals surface area contributed by atoms with Crippen molar-refractivity contribution in [3.05, 3.63) is 24.5 Å². The van der Waals surface area contributed by atoms with Crippen molar-refractivity contribution < 1.29 is 4.79 Å². The van der Waals surface area contributed by atoms with Gasteiger partial charge in [0.15, 0.2) is 0 Å². The van der Waals surface area contributed by atoms with Gasteiger partial charge < -0.3 is 11.1 Å². The summed E-state index contributed by atoms with van der Waals surface area (Å²) in [5, 5.41) is 2.75. The predicted octanol–water partition coefficient (Wildman–Crippen LogP) is 1.54. The number of nitrogens with zero attached hydrogens (tertiary/aromatic N) is 1. The average molecular weight is 207 g/mol. The Labute approximate surface area is 89.9 Å². The molecule has 15 heavy (non-hydrogen) atoms. The number of amides is 1. The summed E-state index contributed by atoms with van der Waals surface area (Å²) >= 11 is 0. The topological polar surface area (TPSA) is 68.0 Å². The quantitative estimate of drug-likeness (QED) is 0.769. The Morgan fingerprint density at radius 1 is 1.67 bits per heavy atom. The van der Waals surface area contributed by atoms with Gasteiger partial charge in [0.25, 0.3) is 0 Å². The van der Waals surface area contributed by atoms with Crippen LogP contribution in [0.3, 0.4) is 0 Å². The second-order valence-corrected chi connectivity index (χ2v) is 3.54. The van der Waals surface area contributed by atoms with E-state index < -0.39 is 0 Å². The highest BCUT2D eigenvalue weighted by Crippen LogP contribution is 2.05. The van der Waals surface area contributed by atoms with E-state index in [-0.39, 0.29) is 11.9 Å². The van der Waals surface area contributed by atoms with E-state index in [0.29, 0.717) is 12.1 Å². The molecule has 0 radical (unpaired) electrons. The zero-order valence-corrected chi connectivity index (χ0v) is 8.94. The number of nitrogens with one attached hydrogen (secondary N) is 1. The first-order valence-electron chi connectivity index (χ1n) is 5.18. The summed E-state index contributed by atoms with van der Waals surface area (Å²) in [4.78, 5) is 15.4. The van der Waals surface area contributed by atoms with Crippen molar-refractivity contribution in [3.63, 3.8) is 0 Å². The summed E-state index contributed by atoms with van der Waals surface area (Å²) in [5.74, 6) is -0.0519. The standard InChI is InChI=1S/C11H17N3O/c1-2-4-9(12)7-11(15)14-10-5-3-6-13-8-10/h3,5-6,8-9H,2,4,7,12H2,1H3,(H,14,15). The minimum atomic E-state index is -0.0519. The Hall–Kier alpha value is -1.42. The third kappa shape index (κ3) is 4.56. The van der Waals surface area contributed by atoms with Crippen LogP contribution in [0, 0.1) is 0 Å². The maximum absolute atomic E-state index is 11.5. The van der Waals surface area contributed by atoms with Gasteiger partial charge in [-0.3, -0.25) is 9.78 Å². The third-order valence-electron chi connectivity index (χ3n) is 2.05. The van der Waals surface area contributed by atoms with Crippen LogP contribution < -0.4 is 11.1 Å². The molecule has 0 aliphatic carbocycles. The molecule has 0 bridgehead atoms. The van der Waals surface area contributed by atoms with Crippen LogP contribution in [0.25, 0.3) is 0 Å². The number of rotatable bonds is 5. The first-order chi connectivity index (χ1) is 7.22. The normalized spacial score (nSPS) is 12.1. The second kappa shape index (κ2) is 6.14. The molecule has 1 unspecified atom stereocenters. The van der Waals surface area contributed by atoms with Crippen molar-refractivity contribution in [1.29, 1.82) is 0 Å². The van der Waals surface area contributed by atoms with Gasteiger partial charge in [0, 0.05) is 18.7 Å². The van der Waals surface area contributed by atoms with Gasteiger partial charge in [0.1, 0.15) is 0 Å². The van der Waals surface area contributed by atoms with Gasteiger partial charge >= 0.3 is 0 Å². The molecule has 0 aromatic carbocycles. The molecule has 0 saturated carbocycles. The molecule has 1 atom stereocenters. The lowest BCUT2D eigenvalue weighted by atomic mass is 10.1. The lowest BCUT2D eigenvalue weighted by Gasteiger charge is -2.10. The third-order valence-corrected chi connectivity index (χ3v) is 2.05. The molecule has 1 rings (SSSR count). The first-order valence-corrected chi connectivity index (χ1v) is 5.18. The highest BCUT2D eigenvalue weighted by Gasteiger charge is 2.08. The van der Waals surface area contributed by atoms with Crippen molar-refractivity contribution in [2.75, 3.05) is 5.32 Å². The fourth-order valence-corrected chi connectivity index (χ4v) is 1.36. The fourth-order valence-electron chi connectivity index (χ4n) is 1.36. The zero-order chi connectivity index (χ0) is 11.1. The molecule has 1 amide bonds. The summed E-state index contributed by atoms with van der Waals surface area (Å²) in [7, 11) is 0. The maximum Gasteiger partial charge on any atom is 0.225 e. The molecule has 0 spiro atoms. The summed E-state index contributed by atoms with van der Waals surface area (Å²) in [6.45, 7) is 2.05. The zero-order valence-electron chi connectivity index (χ0n) is 8.94. The van der Waals surface area contributed by atoms with Gasteiger partial charge in [-0.25, -0.2) is 0 Å². The monoisotopic (exact) mass is 207 g/mol. The van der Waals surface area contributed by atoms with Crippen molar-refractivity contribution in [2.45, 2.75) is 32.2 Å². The lowest BCUT2D eigenvalue weighted by Crippen LogP contribution is -2.26. The number of anilines is 1. The molecule has 4 heteroatoms. The molecule has 4 nitrogen and oxygen atoms in total. The summed E-state index contributed by atoms with van der Waals surface area (Å²) in [6, 6.07) is 3.53. The van der Waals surface area contributed by atoms with E-state index in [1.165, 1.54) is 0 Å². The average Bonchev–Trinajstić information content (AvgIpc) is 2.19. The van der Waals surface area contributed by atoms with E-state index in [4.69, 9.17) is 5.73 Å². The molecular formula is C11H17N3O. The fraction of sp³-hybridized carbons (Fsp3) is 0.455. The van der Waals surface area contributed by atoms with E-state index in [1.54, 1.807) is 24.5 Å². The van der Waals surface area contributed by atoms with E-state index in [1.807, 2.05) is 0 Å². The maximum atomic E-state index is 11.5. The van der Waals surface area contributed by atoms with Crippen LogP contribution in [0.5, 0.6) is 0 Å². The summed E-state index contributed by atoms with van der Waals surface area (Å²) in [5.41, 5.74) is 6.48. The molecule has 0 aliphatic heterocycles. The van der Waals surface area contributed by atoms with E-state index in [9.17, 15) is 4.79 Å². The molecule has 1 aromatic rings. The smallest absolute Gasteiger partial charge is 0.225 e. The van der Waals surface area contributed by atoms with E-state index >= 15 is 0 Å². The molecule has 1 heterocycles. The van der Waals surface area contributed by atoms with Crippen molar-refractivity contribution in [2.24, 2.45) is 5.73 Å². The largest absolute Gasteiger partial charge is 0.327 e. The first kappa shape index (κ1) is 11.7. The minimum absolute atomic E-state index is 0.0494. The molecule has 3 N–H and O–H groups in total. The van der Waals surface area contributed by atoms with Gasteiger partial charge in [0.2, 0.25) is 5.91 Å². The number of pyridine rings is 1. The van der Waals surface area contributed by atoms with Crippen LogP contribution in [-0.2, 0) is 4.79 Å². The van der Waals surface area contributed by atoms with Crippen LogP contribution in [0.1, 0.15) is 26.2 Å². The molecule has 0 aliphatic rings. The number of nitrogens with two attached hydrogens (primary N) is 1. The van der Waals surface area contributed by atoms with Crippen molar-refractivity contribution in [1.82, 2.24) is 4.98 Å². The highest BCUT2D eigenvalue weighted by atomic mass is 16.1. The number of aromatic nitrogens is 1. The number of hydrogen-bond donors (Lipinski definition) is 2. The number of carbonyl (C=O) groups is 1. The van der Waals surface area contributed by atoms with Gasteiger partial charge in [-0.15, -0.1) is 0 Å². The Morgan fingerprint density at radius 2 is 2.47 bits per heavy atom. The van der Waals surface area contributed by atoms with Crippen LogP contribution in [0.4, 0.5) is 5.69 Å². The predicted molar refractivity (Wildman–Crippen MR) is 60.4 cm³/mol. The van der Waals surface area contributed by atoms with Gasteiger partial charge in [-0.1, -0.05) is 13.3 Å². The number of hydrogen-bond acceptors (Lipinski definition) is 3.